The van der Waals surface area contributed by atoms with Gasteiger partial charge in [-0.25, -0.2) is 0 Å². The predicted octanol–water partition coefficient (Wildman–Crippen LogP) is 4.32. The summed E-state index contributed by atoms with van der Waals surface area (Å²) in [6.07, 6.45) is 6.52. The highest BCUT2D eigenvalue weighted by molar-refractivity contribution is 6.35. The smallest absolute Gasteiger partial charge is 0.137 e. The summed E-state index contributed by atoms with van der Waals surface area (Å²) >= 11 is 12.0. The Balaban J connectivity index is 1.52. The van der Waals surface area contributed by atoms with Crippen LogP contribution in [0.3, 0.4) is 0 Å². The zero-order valence-corrected chi connectivity index (χ0v) is 13.9. The number of hydrogen-bond acceptors (Lipinski definition) is 3. The van der Waals surface area contributed by atoms with Gasteiger partial charge in [-0.2, -0.15) is 0 Å². The number of benzene rings is 1. The first-order valence-corrected chi connectivity index (χ1v) is 8.48. The van der Waals surface area contributed by atoms with Gasteiger partial charge in [-0.05, 0) is 37.5 Å². The van der Waals surface area contributed by atoms with Crippen LogP contribution in [0.4, 0.5) is 0 Å². The molecular formula is C16H19Cl2N3O. The minimum atomic E-state index is 0.545. The molecule has 0 N–H and O–H groups in total. The highest BCUT2D eigenvalue weighted by Crippen LogP contribution is 2.27. The maximum atomic E-state index is 6.09. The first-order valence-electron chi connectivity index (χ1n) is 7.73. The fourth-order valence-electron chi connectivity index (χ4n) is 2.73. The maximum absolute atomic E-state index is 6.09. The minimum Gasteiger partial charge on any atom is -0.492 e. The molecule has 3 rings (SSSR count). The van der Waals surface area contributed by atoms with Gasteiger partial charge in [-0.15, -0.1) is 10.2 Å². The molecule has 4 nitrogen and oxygen atoms in total. The molecule has 0 amide bonds. The molecule has 0 radical (unpaired) electrons. The van der Waals surface area contributed by atoms with Crippen molar-refractivity contribution in [1.29, 1.82) is 0 Å². The van der Waals surface area contributed by atoms with E-state index in [1.165, 1.54) is 19.3 Å². The van der Waals surface area contributed by atoms with Crippen LogP contribution in [0.5, 0.6) is 5.75 Å². The van der Waals surface area contributed by atoms with Gasteiger partial charge >= 0.3 is 0 Å². The van der Waals surface area contributed by atoms with Gasteiger partial charge in [0.25, 0.3) is 0 Å². The lowest BCUT2D eigenvalue weighted by molar-refractivity contribution is 0.309. The van der Waals surface area contributed by atoms with Crippen LogP contribution in [0, 0.1) is 0 Å². The third-order valence-electron chi connectivity index (χ3n) is 3.88. The highest BCUT2D eigenvalue weighted by Gasteiger charge is 2.14. The monoisotopic (exact) mass is 339 g/mol. The number of halogens is 2. The van der Waals surface area contributed by atoms with E-state index >= 15 is 0 Å². The van der Waals surface area contributed by atoms with Crippen molar-refractivity contribution >= 4 is 23.2 Å². The van der Waals surface area contributed by atoms with Crippen LogP contribution in [0.2, 0.25) is 10.0 Å². The molecule has 2 aromatic rings. The van der Waals surface area contributed by atoms with E-state index in [2.05, 4.69) is 14.8 Å². The van der Waals surface area contributed by atoms with Gasteiger partial charge < -0.3 is 9.30 Å². The minimum absolute atomic E-state index is 0.545. The molecule has 0 saturated carbocycles. The number of nitrogens with zero attached hydrogens (tertiary/aromatic N) is 3. The van der Waals surface area contributed by atoms with Gasteiger partial charge in [0.2, 0.25) is 0 Å². The molecule has 1 aliphatic heterocycles. The van der Waals surface area contributed by atoms with Crippen molar-refractivity contribution in [2.45, 2.75) is 45.1 Å². The zero-order valence-electron chi connectivity index (χ0n) is 12.4. The Labute approximate surface area is 140 Å². The molecular weight excluding hydrogens is 321 g/mol. The number of fused-ring (bicyclic) bond motifs is 1. The van der Waals surface area contributed by atoms with Crippen LogP contribution in [-0.2, 0) is 19.4 Å². The second-order valence-corrected chi connectivity index (χ2v) is 6.37. The number of hydrogen-bond donors (Lipinski definition) is 0. The zero-order chi connectivity index (χ0) is 15.4. The molecule has 1 aromatic heterocycles. The van der Waals surface area contributed by atoms with Gasteiger partial charge in [0, 0.05) is 24.4 Å². The predicted molar refractivity (Wildman–Crippen MR) is 87.9 cm³/mol. The third kappa shape index (κ3) is 3.73. The van der Waals surface area contributed by atoms with E-state index in [9.17, 15) is 0 Å². The van der Waals surface area contributed by atoms with Crippen molar-refractivity contribution in [1.82, 2.24) is 14.8 Å². The lowest BCUT2D eigenvalue weighted by Crippen LogP contribution is -2.08. The van der Waals surface area contributed by atoms with Crippen molar-refractivity contribution in [2.24, 2.45) is 0 Å². The maximum Gasteiger partial charge on any atom is 0.137 e. The van der Waals surface area contributed by atoms with Crippen LogP contribution >= 0.6 is 23.2 Å². The summed E-state index contributed by atoms with van der Waals surface area (Å²) in [4.78, 5) is 0. The van der Waals surface area contributed by atoms with Crippen molar-refractivity contribution in [3.05, 3.63) is 39.9 Å². The van der Waals surface area contributed by atoms with Gasteiger partial charge in [-0.3, -0.25) is 0 Å². The Morgan fingerprint density at radius 3 is 2.91 bits per heavy atom. The Morgan fingerprint density at radius 2 is 2.05 bits per heavy atom. The summed E-state index contributed by atoms with van der Waals surface area (Å²) in [5.41, 5.74) is 0. The van der Waals surface area contributed by atoms with E-state index in [0.29, 0.717) is 22.4 Å². The number of rotatable bonds is 5. The van der Waals surface area contributed by atoms with Crippen LogP contribution in [0.1, 0.15) is 37.3 Å². The van der Waals surface area contributed by atoms with E-state index < -0.39 is 0 Å². The second kappa shape index (κ2) is 7.34. The van der Waals surface area contributed by atoms with Gasteiger partial charge in [-0.1, -0.05) is 29.6 Å². The van der Waals surface area contributed by atoms with Crippen molar-refractivity contribution in [3.8, 4) is 5.75 Å². The van der Waals surface area contributed by atoms with Crippen LogP contribution in [0.15, 0.2) is 18.2 Å². The summed E-state index contributed by atoms with van der Waals surface area (Å²) in [7, 11) is 0. The standard InChI is InChI=1S/C16H19Cl2N3O/c17-12-7-8-14(13(18)11-12)22-10-4-6-16-20-19-15-5-2-1-3-9-21(15)16/h7-8,11H,1-6,9-10H2. The summed E-state index contributed by atoms with van der Waals surface area (Å²) in [5.74, 6) is 2.88. The molecule has 1 aromatic carbocycles. The lowest BCUT2D eigenvalue weighted by Gasteiger charge is -2.09. The summed E-state index contributed by atoms with van der Waals surface area (Å²) in [5, 5.41) is 9.80. The topological polar surface area (TPSA) is 39.9 Å². The van der Waals surface area contributed by atoms with Crippen LogP contribution in [-0.4, -0.2) is 21.4 Å². The SMILES string of the molecule is Clc1ccc(OCCCc2nnc3n2CCCCC3)c(Cl)c1. The molecule has 22 heavy (non-hydrogen) atoms. The van der Waals surface area contributed by atoms with E-state index in [1.807, 2.05) is 0 Å². The highest BCUT2D eigenvalue weighted by atomic mass is 35.5. The molecule has 0 aliphatic carbocycles. The average Bonchev–Trinajstić information content (AvgIpc) is 2.73. The quantitative estimate of drug-likeness (QED) is 0.761. The Morgan fingerprint density at radius 1 is 1.14 bits per heavy atom. The van der Waals surface area contributed by atoms with E-state index in [1.54, 1.807) is 18.2 Å². The molecule has 0 spiro atoms. The largest absolute Gasteiger partial charge is 0.492 e. The van der Waals surface area contributed by atoms with Gasteiger partial charge in [0.1, 0.15) is 17.4 Å². The summed E-state index contributed by atoms with van der Waals surface area (Å²) in [6.45, 7) is 1.64. The van der Waals surface area contributed by atoms with E-state index in [4.69, 9.17) is 27.9 Å². The number of aromatic nitrogens is 3. The van der Waals surface area contributed by atoms with Crippen LogP contribution < -0.4 is 4.74 Å². The molecule has 0 atom stereocenters. The van der Waals surface area contributed by atoms with E-state index in [-0.39, 0.29) is 0 Å². The lowest BCUT2D eigenvalue weighted by atomic mass is 10.2. The molecule has 118 valence electrons. The molecule has 6 heteroatoms. The first kappa shape index (κ1) is 15.6. The molecule has 0 bridgehead atoms. The molecule has 0 fully saturated rings. The van der Waals surface area contributed by atoms with Gasteiger partial charge in [0.15, 0.2) is 0 Å². The Hall–Kier alpha value is -1.26. The normalized spacial score (nSPS) is 14.5. The molecule has 0 saturated heterocycles. The molecule has 1 aliphatic rings. The Kier molecular flexibility index (Phi) is 5.21. The van der Waals surface area contributed by atoms with Crippen molar-refractivity contribution in [3.63, 3.8) is 0 Å². The fraction of sp³-hybridized carbons (Fsp3) is 0.500. The van der Waals surface area contributed by atoms with Crippen molar-refractivity contribution < 1.29 is 4.74 Å². The van der Waals surface area contributed by atoms with Crippen molar-refractivity contribution in [2.75, 3.05) is 6.61 Å². The van der Waals surface area contributed by atoms with Crippen LogP contribution in [0.25, 0.3) is 0 Å². The average molecular weight is 340 g/mol. The fourth-order valence-corrected chi connectivity index (χ4v) is 3.20. The molecule has 0 unspecified atom stereocenters. The summed E-state index contributed by atoms with van der Waals surface area (Å²) < 4.78 is 7.99. The summed E-state index contributed by atoms with van der Waals surface area (Å²) in [6, 6.07) is 5.27. The second-order valence-electron chi connectivity index (χ2n) is 5.52. The van der Waals surface area contributed by atoms with E-state index in [0.717, 1.165) is 37.5 Å². The Bertz CT molecular complexity index is 642. The van der Waals surface area contributed by atoms with Gasteiger partial charge in [0.05, 0.1) is 11.6 Å². The number of ether oxygens (including phenoxy) is 1. The number of aryl methyl sites for hydroxylation is 2. The molecule has 2 heterocycles. The first-order chi connectivity index (χ1) is 10.7. The third-order valence-corrected chi connectivity index (χ3v) is 4.41.